The Morgan fingerprint density at radius 1 is 1.05 bits per heavy atom. The van der Waals surface area contributed by atoms with Gasteiger partial charge in [0.25, 0.3) is 17.7 Å². The molecule has 1 aliphatic rings. The van der Waals surface area contributed by atoms with Crippen LogP contribution in [0, 0.1) is 18.6 Å². The number of aliphatic hydroxyl groups excluding tert-OH is 2. The maximum atomic E-state index is 15.2. The van der Waals surface area contributed by atoms with Gasteiger partial charge in [-0.15, -0.1) is 0 Å². The molecule has 0 spiro atoms. The van der Waals surface area contributed by atoms with Crippen LogP contribution < -0.4 is 16.0 Å². The third-order valence-corrected chi connectivity index (χ3v) is 7.26. The minimum atomic E-state index is -0.909. The monoisotopic (exact) mass is 595 g/mol. The zero-order chi connectivity index (χ0) is 31.3. The molecule has 1 aliphatic heterocycles. The Bertz CT molecular complexity index is 1560. The summed E-state index contributed by atoms with van der Waals surface area (Å²) in [4.78, 5) is 44.1. The van der Waals surface area contributed by atoms with Crippen LogP contribution in [-0.4, -0.2) is 83.3 Å². The molecule has 2 heterocycles. The van der Waals surface area contributed by atoms with Gasteiger partial charge in [-0.1, -0.05) is 13.8 Å². The van der Waals surface area contributed by atoms with E-state index in [1.54, 1.807) is 13.0 Å². The van der Waals surface area contributed by atoms with Gasteiger partial charge >= 0.3 is 0 Å². The van der Waals surface area contributed by atoms with Crippen LogP contribution in [0.3, 0.4) is 0 Å². The molecule has 0 fully saturated rings. The van der Waals surface area contributed by atoms with Crippen molar-refractivity contribution in [1.82, 2.24) is 20.5 Å². The van der Waals surface area contributed by atoms with Crippen LogP contribution in [0.15, 0.2) is 36.4 Å². The maximum Gasteiger partial charge on any atom is 0.256 e. The predicted molar refractivity (Wildman–Crippen MR) is 159 cm³/mol. The highest BCUT2D eigenvalue weighted by Crippen LogP contribution is 2.38. The first-order chi connectivity index (χ1) is 20.6. The predicted octanol–water partition coefficient (Wildman–Crippen LogP) is 2.92. The lowest BCUT2D eigenvalue weighted by Crippen LogP contribution is -2.40. The van der Waals surface area contributed by atoms with Crippen LogP contribution >= 0.6 is 0 Å². The van der Waals surface area contributed by atoms with Crippen molar-refractivity contribution in [2.24, 2.45) is 0 Å². The number of aliphatic hydroxyl groups is 2. The minimum Gasteiger partial charge on any atom is -0.395 e. The van der Waals surface area contributed by atoms with Crippen LogP contribution in [0.25, 0.3) is 22.8 Å². The Kier molecular flexibility index (Phi) is 10.1. The quantitative estimate of drug-likeness (QED) is 0.178. The number of carbonyl (C=O) groups excluding carboxylic acids is 3. The van der Waals surface area contributed by atoms with Crippen molar-refractivity contribution < 1.29 is 33.4 Å². The molecule has 0 radical (unpaired) electrons. The summed E-state index contributed by atoms with van der Waals surface area (Å²) in [6.45, 7) is 7.12. The summed E-state index contributed by atoms with van der Waals surface area (Å²) in [5, 5.41) is 27.5. The van der Waals surface area contributed by atoms with E-state index in [0.717, 1.165) is 19.2 Å². The number of hydrogen-bond acceptors (Lipinski definition) is 6. The molecule has 10 nitrogen and oxygen atoms in total. The summed E-state index contributed by atoms with van der Waals surface area (Å²) in [6.07, 6.45) is 0.603. The fraction of sp³-hybridized carbons (Fsp3) is 0.323. The lowest BCUT2D eigenvalue weighted by atomic mass is 9.96. The molecule has 0 saturated carbocycles. The molecule has 3 amide bonds. The first kappa shape index (κ1) is 31.5. The fourth-order valence-corrected chi connectivity index (χ4v) is 5.04. The second-order valence-corrected chi connectivity index (χ2v) is 10.1. The molecule has 43 heavy (non-hydrogen) atoms. The number of halogens is 2. The summed E-state index contributed by atoms with van der Waals surface area (Å²) >= 11 is 0. The summed E-state index contributed by atoms with van der Waals surface area (Å²) in [6, 6.07) is 7.62. The number of aryl methyl sites for hydroxylation is 1. The van der Waals surface area contributed by atoms with Gasteiger partial charge in [0.15, 0.2) is 0 Å². The first-order valence-electron chi connectivity index (χ1n) is 14.0. The van der Waals surface area contributed by atoms with Crippen LogP contribution in [0.5, 0.6) is 0 Å². The first-order valence-corrected chi connectivity index (χ1v) is 14.0. The molecule has 2 aromatic carbocycles. The Morgan fingerprint density at radius 2 is 1.79 bits per heavy atom. The molecule has 3 aromatic rings. The fourth-order valence-electron chi connectivity index (χ4n) is 5.04. The normalized spacial score (nSPS) is 14.1. The molecule has 0 saturated heterocycles. The van der Waals surface area contributed by atoms with E-state index in [4.69, 9.17) is 5.11 Å². The summed E-state index contributed by atoms with van der Waals surface area (Å²) < 4.78 is 29.0. The van der Waals surface area contributed by atoms with E-state index in [1.807, 2.05) is 18.7 Å². The Labute approximate surface area is 247 Å². The molecular weight excluding hydrogens is 560 g/mol. The van der Waals surface area contributed by atoms with Gasteiger partial charge in [-0.25, -0.2) is 8.78 Å². The van der Waals surface area contributed by atoms with Crippen LogP contribution in [0.4, 0.5) is 14.5 Å². The number of aromatic nitrogens is 1. The number of anilines is 1. The van der Waals surface area contributed by atoms with Crippen LogP contribution in [0.2, 0.25) is 0 Å². The van der Waals surface area contributed by atoms with E-state index in [-0.39, 0.29) is 53.2 Å². The van der Waals surface area contributed by atoms with Crippen molar-refractivity contribution in [2.75, 3.05) is 44.6 Å². The smallest absolute Gasteiger partial charge is 0.256 e. The lowest BCUT2D eigenvalue weighted by Gasteiger charge is -2.22. The molecule has 4 rings (SSSR count). The molecule has 1 atom stereocenters. The number of aromatic amines is 1. The van der Waals surface area contributed by atoms with Crippen molar-refractivity contribution in [3.8, 4) is 11.1 Å². The summed E-state index contributed by atoms with van der Waals surface area (Å²) in [7, 11) is 0. The number of nitrogens with zero attached hydrogens (tertiary/aromatic N) is 1. The van der Waals surface area contributed by atoms with Crippen LogP contribution in [0.1, 0.15) is 51.5 Å². The number of carbonyl (C=O) groups is 3. The summed E-state index contributed by atoms with van der Waals surface area (Å²) in [5.41, 5.74) is 1.95. The molecule has 0 bridgehead atoms. The number of benzene rings is 2. The number of rotatable bonds is 12. The Balaban J connectivity index is 1.77. The van der Waals surface area contributed by atoms with E-state index in [1.165, 1.54) is 24.3 Å². The summed E-state index contributed by atoms with van der Waals surface area (Å²) in [5.74, 6) is -3.22. The topological polar surface area (TPSA) is 147 Å². The van der Waals surface area contributed by atoms with E-state index in [9.17, 15) is 23.9 Å². The van der Waals surface area contributed by atoms with Crippen molar-refractivity contribution in [3.63, 3.8) is 0 Å². The Morgan fingerprint density at radius 3 is 2.47 bits per heavy atom. The highest BCUT2D eigenvalue weighted by molar-refractivity contribution is 6.35. The molecule has 12 heteroatoms. The van der Waals surface area contributed by atoms with Crippen molar-refractivity contribution in [3.05, 3.63) is 76.1 Å². The van der Waals surface area contributed by atoms with Crippen molar-refractivity contribution >= 4 is 35.1 Å². The second-order valence-electron chi connectivity index (χ2n) is 10.1. The van der Waals surface area contributed by atoms with Gasteiger partial charge in [-0.2, -0.15) is 0 Å². The van der Waals surface area contributed by atoms with Gasteiger partial charge in [0.2, 0.25) is 0 Å². The van der Waals surface area contributed by atoms with E-state index < -0.39 is 35.5 Å². The number of nitrogens with one attached hydrogen (secondary N) is 4. The number of H-pyrrole nitrogens is 1. The third kappa shape index (κ3) is 6.99. The number of amides is 3. The average Bonchev–Trinajstić information content (AvgIpc) is 3.47. The van der Waals surface area contributed by atoms with E-state index in [2.05, 4.69) is 20.9 Å². The zero-order valence-corrected chi connectivity index (χ0v) is 24.2. The minimum absolute atomic E-state index is 0.0569. The van der Waals surface area contributed by atoms with Gasteiger partial charge in [-0.3, -0.25) is 14.4 Å². The highest BCUT2D eigenvalue weighted by atomic mass is 19.1. The number of likely N-dealkylation sites (N-methyl/N-ethyl adjacent to an activating group) is 1. The highest BCUT2D eigenvalue weighted by Gasteiger charge is 2.29. The van der Waals surface area contributed by atoms with Gasteiger partial charge in [0.1, 0.15) is 11.6 Å². The van der Waals surface area contributed by atoms with E-state index >= 15 is 4.39 Å². The third-order valence-electron chi connectivity index (χ3n) is 7.26. The van der Waals surface area contributed by atoms with Crippen molar-refractivity contribution in [1.29, 1.82) is 0 Å². The second kappa shape index (κ2) is 13.7. The van der Waals surface area contributed by atoms with Gasteiger partial charge in [-0.05, 0) is 56.4 Å². The molecule has 1 aromatic heterocycles. The van der Waals surface area contributed by atoms with Gasteiger partial charge in [0, 0.05) is 65.0 Å². The molecule has 228 valence electrons. The lowest BCUT2D eigenvalue weighted by molar-refractivity contribution is -0.110. The standard InChI is InChI=1S/C31H35F2N5O5/c1-4-38(5-2)16-20(40)15-35-31(43)27-17(3)36-26(28(27)21-8-7-19(32)13-24(21)33)14-23-22-12-18(29(41)34-10-11-39)6-9-25(22)37-30(23)42/h6-9,12-14,20,36,39-40H,4-5,10-11,15-16H2,1-3H3,(H,34,41)(H,35,43)(H,37,42). The maximum absolute atomic E-state index is 15.2. The SMILES string of the molecule is CCN(CC)CC(O)CNC(=O)c1c(C)[nH]c(C=C2C(=O)Nc3ccc(C(=O)NCCO)cc32)c1-c1ccc(F)cc1F. The number of fused-ring (bicyclic) bond motifs is 1. The van der Waals surface area contributed by atoms with Gasteiger partial charge in [0.05, 0.1) is 23.8 Å². The zero-order valence-electron chi connectivity index (χ0n) is 24.2. The molecular formula is C31H35F2N5O5. The molecule has 0 aliphatic carbocycles. The number of hydrogen-bond donors (Lipinski definition) is 6. The van der Waals surface area contributed by atoms with Gasteiger partial charge < -0.3 is 36.0 Å². The van der Waals surface area contributed by atoms with Crippen molar-refractivity contribution in [2.45, 2.75) is 26.9 Å². The molecule has 6 N–H and O–H groups in total. The van der Waals surface area contributed by atoms with E-state index in [0.29, 0.717) is 29.6 Å². The molecule has 1 unspecified atom stereocenters. The van der Waals surface area contributed by atoms with Crippen LogP contribution in [-0.2, 0) is 4.79 Å². The Hall–Kier alpha value is -4.39. The average molecular weight is 596 g/mol. The largest absolute Gasteiger partial charge is 0.395 e.